The van der Waals surface area contributed by atoms with E-state index in [2.05, 4.69) is 12.1 Å². The van der Waals surface area contributed by atoms with Gasteiger partial charge in [0.05, 0.1) is 0 Å². The second-order valence-corrected chi connectivity index (χ2v) is 5.90. The van der Waals surface area contributed by atoms with Gasteiger partial charge >= 0.3 is 11.9 Å². The van der Waals surface area contributed by atoms with E-state index < -0.39 is 18.0 Å². The molecule has 0 heterocycles. The Morgan fingerprint density at radius 3 is 2.12 bits per heavy atom. The zero-order chi connectivity index (χ0) is 17.1. The fraction of sp³-hybridized carbons (Fsp3) is 0.263. The molecule has 0 unspecified atom stereocenters. The number of esters is 1. The molecule has 0 saturated heterocycles. The number of rotatable bonds is 6. The highest BCUT2D eigenvalue weighted by atomic mass is 16.5. The molecule has 1 atom stereocenters. The predicted octanol–water partition coefficient (Wildman–Crippen LogP) is 2.53. The molecule has 0 bridgehead atoms. The highest BCUT2D eigenvalue weighted by Gasteiger charge is 2.29. The second kappa shape index (κ2) is 6.84. The van der Waals surface area contributed by atoms with Crippen LogP contribution in [0.25, 0.3) is 11.1 Å². The SMILES string of the molecule is N[C@H](CCC(=O)O)C(=O)OCC1c2ccccc2-c2ccccc21. The molecule has 0 spiro atoms. The molecule has 0 aliphatic heterocycles. The minimum atomic E-state index is -0.975. The number of hydrogen-bond donors (Lipinski definition) is 2. The molecule has 2 aromatic rings. The van der Waals surface area contributed by atoms with Crippen molar-refractivity contribution in [2.75, 3.05) is 6.61 Å². The lowest BCUT2D eigenvalue weighted by atomic mass is 9.98. The van der Waals surface area contributed by atoms with Crippen LogP contribution >= 0.6 is 0 Å². The highest BCUT2D eigenvalue weighted by Crippen LogP contribution is 2.44. The predicted molar refractivity (Wildman–Crippen MR) is 89.5 cm³/mol. The third kappa shape index (κ3) is 3.16. The quantitative estimate of drug-likeness (QED) is 0.797. The molecule has 0 aromatic heterocycles. The van der Waals surface area contributed by atoms with Crippen molar-refractivity contribution in [1.29, 1.82) is 0 Å². The molecule has 3 rings (SSSR count). The van der Waals surface area contributed by atoms with Gasteiger partial charge in [-0.05, 0) is 28.7 Å². The molecule has 5 nitrogen and oxygen atoms in total. The Morgan fingerprint density at radius 2 is 1.58 bits per heavy atom. The number of carbonyl (C=O) groups excluding carboxylic acids is 1. The number of benzene rings is 2. The molecule has 0 saturated carbocycles. The molecule has 5 heteroatoms. The van der Waals surface area contributed by atoms with Crippen LogP contribution in [0.3, 0.4) is 0 Å². The Balaban J connectivity index is 1.72. The van der Waals surface area contributed by atoms with Crippen molar-refractivity contribution >= 4 is 11.9 Å². The summed E-state index contributed by atoms with van der Waals surface area (Å²) in [6.07, 6.45) is -0.0721. The molecule has 0 fully saturated rings. The first-order valence-corrected chi connectivity index (χ1v) is 7.90. The summed E-state index contributed by atoms with van der Waals surface area (Å²) in [5, 5.41) is 8.66. The van der Waals surface area contributed by atoms with Crippen LogP contribution in [-0.4, -0.2) is 29.7 Å². The van der Waals surface area contributed by atoms with Crippen LogP contribution in [0.2, 0.25) is 0 Å². The minimum Gasteiger partial charge on any atom is -0.481 e. The average molecular weight is 325 g/mol. The van der Waals surface area contributed by atoms with E-state index in [0.717, 1.165) is 22.3 Å². The fourth-order valence-corrected chi connectivity index (χ4v) is 3.11. The van der Waals surface area contributed by atoms with Crippen molar-refractivity contribution in [1.82, 2.24) is 0 Å². The summed E-state index contributed by atoms with van der Waals surface area (Å²) in [5.74, 6) is -1.55. The van der Waals surface area contributed by atoms with Gasteiger partial charge in [-0.1, -0.05) is 48.5 Å². The second-order valence-electron chi connectivity index (χ2n) is 5.90. The summed E-state index contributed by atoms with van der Waals surface area (Å²) in [5.41, 5.74) is 10.3. The lowest BCUT2D eigenvalue weighted by molar-refractivity contribution is -0.146. The van der Waals surface area contributed by atoms with Crippen LogP contribution in [-0.2, 0) is 14.3 Å². The topological polar surface area (TPSA) is 89.6 Å². The maximum Gasteiger partial charge on any atom is 0.322 e. The normalized spacial score (nSPS) is 13.9. The summed E-state index contributed by atoms with van der Waals surface area (Å²) in [4.78, 5) is 22.6. The Kier molecular flexibility index (Phi) is 4.62. The van der Waals surface area contributed by atoms with Crippen LogP contribution in [0.1, 0.15) is 29.9 Å². The Bertz CT molecular complexity index is 726. The van der Waals surface area contributed by atoms with Crippen LogP contribution in [0.4, 0.5) is 0 Å². The van der Waals surface area contributed by atoms with Gasteiger partial charge in [0.25, 0.3) is 0 Å². The number of nitrogens with two attached hydrogens (primary N) is 1. The Labute approximate surface area is 140 Å². The molecule has 24 heavy (non-hydrogen) atoms. The first kappa shape index (κ1) is 16.2. The molecular formula is C19H19NO4. The summed E-state index contributed by atoms with van der Waals surface area (Å²) < 4.78 is 5.38. The number of aliphatic carboxylic acids is 1. The van der Waals surface area contributed by atoms with Crippen molar-refractivity contribution in [3.63, 3.8) is 0 Å². The summed E-state index contributed by atoms with van der Waals surface area (Å²) in [6.45, 7) is 0.202. The van der Waals surface area contributed by atoms with Crippen LogP contribution in [0.15, 0.2) is 48.5 Å². The van der Waals surface area contributed by atoms with E-state index in [1.807, 2.05) is 36.4 Å². The molecule has 0 amide bonds. The highest BCUT2D eigenvalue weighted by molar-refractivity contribution is 5.80. The van der Waals surface area contributed by atoms with Gasteiger partial charge < -0.3 is 15.6 Å². The monoisotopic (exact) mass is 325 g/mol. The number of carboxylic acids is 1. The van der Waals surface area contributed by atoms with Gasteiger partial charge in [-0.25, -0.2) is 0 Å². The standard InChI is InChI=1S/C19H19NO4/c20-17(9-10-18(21)22)19(23)24-11-16-14-7-3-1-5-12(14)13-6-2-4-8-15(13)16/h1-8,16-17H,9-11,20H2,(H,21,22)/t17-/m1/s1. The van der Waals surface area contributed by atoms with E-state index in [-0.39, 0.29) is 25.4 Å². The maximum absolute atomic E-state index is 12.0. The van der Waals surface area contributed by atoms with Gasteiger partial charge in [-0.2, -0.15) is 0 Å². The van der Waals surface area contributed by atoms with Gasteiger partial charge in [0, 0.05) is 12.3 Å². The van der Waals surface area contributed by atoms with Crippen molar-refractivity contribution in [3.8, 4) is 11.1 Å². The van der Waals surface area contributed by atoms with E-state index in [0.29, 0.717) is 0 Å². The molecular weight excluding hydrogens is 306 g/mol. The average Bonchev–Trinajstić information content (AvgIpc) is 2.91. The fourth-order valence-electron chi connectivity index (χ4n) is 3.11. The summed E-state index contributed by atoms with van der Waals surface area (Å²) >= 11 is 0. The van der Waals surface area contributed by atoms with Gasteiger partial charge in [0.2, 0.25) is 0 Å². The molecule has 1 aliphatic carbocycles. The van der Waals surface area contributed by atoms with E-state index >= 15 is 0 Å². The van der Waals surface area contributed by atoms with Crippen molar-refractivity contribution in [2.24, 2.45) is 5.73 Å². The third-order valence-corrected chi connectivity index (χ3v) is 4.33. The lowest BCUT2D eigenvalue weighted by Gasteiger charge is -2.16. The van der Waals surface area contributed by atoms with Crippen molar-refractivity contribution in [2.45, 2.75) is 24.8 Å². The largest absolute Gasteiger partial charge is 0.481 e. The van der Waals surface area contributed by atoms with Crippen LogP contribution < -0.4 is 5.73 Å². The van der Waals surface area contributed by atoms with Gasteiger partial charge in [-0.15, -0.1) is 0 Å². The summed E-state index contributed by atoms with van der Waals surface area (Å²) in [7, 11) is 0. The molecule has 0 radical (unpaired) electrons. The first-order valence-electron chi connectivity index (χ1n) is 7.90. The van der Waals surface area contributed by atoms with Crippen LogP contribution in [0.5, 0.6) is 0 Å². The number of carboxylic acid groups (broad SMARTS) is 1. The number of fused-ring (bicyclic) bond motifs is 3. The zero-order valence-corrected chi connectivity index (χ0v) is 13.1. The lowest BCUT2D eigenvalue weighted by Crippen LogP contribution is -2.33. The Hall–Kier alpha value is -2.66. The van der Waals surface area contributed by atoms with Gasteiger partial charge in [0.15, 0.2) is 0 Å². The third-order valence-electron chi connectivity index (χ3n) is 4.33. The van der Waals surface area contributed by atoms with E-state index in [9.17, 15) is 9.59 Å². The van der Waals surface area contributed by atoms with Gasteiger partial charge in [-0.3, -0.25) is 9.59 Å². The number of hydrogen-bond acceptors (Lipinski definition) is 4. The molecule has 1 aliphatic rings. The number of ether oxygens (including phenoxy) is 1. The van der Waals surface area contributed by atoms with E-state index in [1.165, 1.54) is 0 Å². The number of carbonyl (C=O) groups is 2. The van der Waals surface area contributed by atoms with Crippen molar-refractivity contribution < 1.29 is 19.4 Å². The smallest absolute Gasteiger partial charge is 0.322 e. The first-order chi connectivity index (χ1) is 11.6. The van der Waals surface area contributed by atoms with Gasteiger partial charge in [0.1, 0.15) is 12.6 Å². The summed E-state index contributed by atoms with van der Waals surface area (Å²) in [6, 6.07) is 15.2. The van der Waals surface area contributed by atoms with Crippen LogP contribution in [0, 0.1) is 0 Å². The van der Waals surface area contributed by atoms with Crippen molar-refractivity contribution in [3.05, 3.63) is 59.7 Å². The molecule has 124 valence electrons. The Morgan fingerprint density at radius 1 is 1.04 bits per heavy atom. The molecule has 2 aromatic carbocycles. The van der Waals surface area contributed by atoms with E-state index in [1.54, 1.807) is 0 Å². The zero-order valence-electron chi connectivity index (χ0n) is 13.1. The minimum absolute atomic E-state index is 0.0203. The molecule has 3 N–H and O–H groups in total. The van der Waals surface area contributed by atoms with E-state index in [4.69, 9.17) is 15.6 Å². The maximum atomic E-state index is 12.0.